The second kappa shape index (κ2) is 10.9. The second-order valence-electron chi connectivity index (χ2n) is 12.8. The summed E-state index contributed by atoms with van der Waals surface area (Å²) in [4.78, 5) is 15.4. The molecule has 0 bridgehead atoms. The van der Waals surface area contributed by atoms with E-state index in [4.69, 9.17) is 19.4 Å². The van der Waals surface area contributed by atoms with Crippen LogP contribution in [0.15, 0.2) is 162 Å². The number of hydrogen-bond donors (Lipinski definition) is 0. The fraction of sp³-hybridized carbons (Fsp3) is 0. The van der Waals surface area contributed by atoms with E-state index < -0.39 is 0 Å². The monoisotopic (exact) mass is 670 g/mol. The topological polar surface area (TPSA) is 56.7 Å². The van der Waals surface area contributed by atoms with Crippen LogP contribution in [0.25, 0.3) is 104 Å². The predicted octanol–water partition coefficient (Wildman–Crippen LogP) is 12.2. The predicted molar refractivity (Wildman–Crippen MR) is 211 cm³/mol. The second-order valence-corrected chi connectivity index (χ2v) is 13.8. The largest absolute Gasteiger partial charge is 0.454 e. The Morgan fingerprint density at radius 2 is 1.08 bits per heavy atom. The summed E-state index contributed by atoms with van der Waals surface area (Å²) in [5.41, 5.74) is 7.76. The molecule has 0 saturated carbocycles. The molecular weight excluding hydrogens is 645 g/mol. The van der Waals surface area contributed by atoms with Crippen LogP contribution in [0, 0.1) is 0 Å². The van der Waals surface area contributed by atoms with E-state index in [0.29, 0.717) is 17.5 Å². The molecule has 11 aromatic rings. The maximum atomic E-state index is 6.69. The molecule has 0 radical (unpaired) electrons. The molecule has 0 amide bonds. The zero-order valence-corrected chi connectivity index (χ0v) is 27.9. The highest BCUT2D eigenvalue weighted by atomic mass is 32.1. The van der Waals surface area contributed by atoms with E-state index in [1.54, 1.807) is 11.3 Å². The Labute approximate surface area is 295 Å². The Morgan fingerprint density at radius 1 is 0.471 bits per heavy atom. The molecule has 0 aliphatic carbocycles. The van der Waals surface area contributed by atoms with E-state index in [1.165, 1.54) is 15.5 Å². The number of benzene rings is 7. The summed E-state index contributed by atoms with van der Waals surface area (Å²) in [6.45, 7) is 0. The molecule has 4 aromatic heterocycles. The van der Waals surface area contributed by atoms with Gasteiger partial charge in [-0.3, -0.25) is 0 Å². The molecule has 4 heterocycles. The molecule has 0 unspecified atom stereocenters. The van der Waals surface area contributed by atoms with Gasteiger partial charge in [-0.1, -0.05) is 121 Å². The van der Waals surface area contributed by atoms with Crippen molar-refractivity contribution in [3.63, 3.8) is 0 Å². The van der Waals surface area contributed by atoms with E-state index in [9.17, 15) is 0 Å². The van der Waals surface area contributed by atoms with Crippen molar-refractivity contribution in [1.82, 2.24) is 19.5 Å². The number of aromatic nitrogens is 4. The first-order valence-corrected chi connectivity index (χ1v) is 17.8. The molecule has 0 aliphatic heterocycles. The van der Waals surface area contributed by atoms with E-state index >= 15 is 0 Å². The maximum absolute atomic E-state index is 6.69. The van der Waals surface area contributed by atoms with Crippen LogP contribution >= 0.6 is 11.3 Å². The van der Waals surface area contributed by atoms with Gasteiger partial charge in [-0.15, -0.1) is 11.3 Å². The fourth-order valence-corrected chi connectivity index (χ4v) is 8.73. The van der Waals surface area contributed by atoms with Crippen LogP contribution < -0.4 is 0 Å². The van der Waals surface area contributed by atoms with Gasteiger partial charge in [0, 0.05) is 64.1 Å². The minimum atomic E-state index is 0.635. The average molecular weight is 671 g/mol. The van der Waals surface area contributed by atoms with Crippen LogP contribution in [-0.4, -0.2) is 19.5 Å². The van der Waals surface area contributed by atoms with Gasteiger partial charge in [0.15, 0.2) is 23.1 Å². The van der Waals surface area contributed by atoms with Crippen molar-refractivity contribution in [2.45, 2.75) is 0 Å². The molecule has 238 valence electrons. The number of furan rings is 1. The van der Waals surface area contributed by atoms with E-state index in [0.717, 1.165) is 70.8 Å². The first-order valence-electron chi connectivity index (χ1n) is 16.9. The molecule has 0 saturated heterocycles. The van der Waals surface area contributed by atoms with Gasteiger partial charge in [-0.2, -0.15) is 0 Å². The molecular formula is C45H26N4OS. The van der Waals surface area contributed by atoms with Crippen molar-refractivity contribution in [2.75, 3.05) is 0 Å². The van der Waals surface area contributed by atoms with Gasteiger partial charge in [0.05, 0.1) is 11.0 Å². The lowest BCUT2D eigenvalue weighted by Crippen LogP contribution is -2.01. The average Bonchev–Trinajstić information content (AvgIpc) is 3.88. The van der Waals surface area contributed by atoms with Gasteiger partial charge in [-0.25, -0.2) is 15.0 Å². The van der Waals surface area contributed by atoms with Gasteiger partial charge >= 0.3 is 0 Å². The highest BCUT2D eigenvalue weighted by Crippen LogP contribution is 2.45. The number of rotatable bonds is 4. The zero-order valence-electron chi connectivity index (χ0n) is 27.1. The number of para-hydroxylation sites is 2. The van der Waals surface area contributed by atoms with Crippen LogP contribution in [0.3, 0.4) is 0 Å². The third-order valence-electron chi connectivity index (χ3n) is 9.84. The van der Waals surface area contributed by atoms with Crippen molar-refractivity contribution in [2.24, 2.45) is 0 Å². The van der Waals surface area contributed by atoms with Gasteiger partial charge < -0.3 is 8.98 Å². The van der Waals surface area contributed by atoms with Crippen molar-refractivity contribution in [3.05, 3.63) is 158 Å². The van der Waals surface area contributed by atoms with E-state index in [-0.39, 0.29) is 0 Å². The van der Waals surface area contributed by atoms with Crippen molar-refractivity contribution in [3.8, 4) is 39.9 Å². The first-order chi connectivity index (χ1) is 25.3. The van der Waals surface area contributed by atoms with Crippen LogP contribution in [0.1, 0.15) is 0 Å². The smallest absolute Gasteiger partial charge is 0.165 e. The Kier molecular flexibility index (Phi) is 6.05. The number of thiophene rings is 1. The zero-order chi connectivity index (χ0) is 33.5. The summed E-state index contributed by atoms with van der Waals surface area (Å²) in [7, 11) is 0. The lowest BCUT2D eigenvalue weighted by Gasteiger charge is -2.13. The maximum Gasteiger partial charge on any atom is 0.165 e. The van der Waals surface area contributed by atoms with Gasteiger partial charge in [0.25, 0.3) is 0 Å². The van der Waals surface area contributed by atoms with Crippen molar-refractivity contribution >= 4 is 75.3 Å². The van der Waals surface area contributed by atoms with Crippen LogP contribution in [0.5, 0.6) is 0 Å². The van der Waals surface area contributed by atoms with E-state index in [1.807, 2.05) is 48.5 Å². The number of fused-ring (bicyclic) bond motifs is 10. The van der Waals surface area contributed by atoms with Gasteiger partial charge in [-0.05, 0) is 36.4 Å². The molecule has 0 aliphatic rings. The summed E-state index contributed by atoms with van der Waals surface area (Å²) >= 11 is 1.78. The van der Waals surface area contributed by atoms with Gasteiger partial charge in [0.2, 0.25) is 0 Å². The highest BCUT2D eigenvalue weighted by Gasteiger charge is 2.22. The van der Waals surface area contributed by atoms with Crippen LogP contribution in [-0.2, 0) is 0 Å². The Bertz CT molecular complexity index is 3080. The molecule has 0 spiro atoms. The lowest BCUT2D eigenvalue weighted by atomic mass is 10.1. The Balaban J connectivity index is 1.28. The third-order valence-corrected chi connectivity index (χ3v) is 11.1. The summed E-state index contributed by atoms with van der Waals surface area (Å²) in [5, 5.41) is 6.89. The van der Waals surface area contributed by atoms with Gasteiger partial charge in [0.1, 0.15) is 5.58 Å². The molecule has 6 heteroatoms. The van der Waals surface area contributed by atoms with Crippen molar-refractivity contribution in [1.29, 1.82) is 0 Å². The standard InChI is InChI=1S/C45H26N4OS/c1-3-13-27(14-4-1)43-46-44(28-15-5-2-6-16-28)48-45(47-43)36-26-29(25-35-32-19-9-12-22-39(32)51-42(35)36)49-37-20-10-7-17-30(37)33-23-24-34-31-18-8-11-21-38(31)50-41(34)40(33)49/h1-26H. The molecule has 5 nitrogen and oxygen atoms in total. The fourth-order valence-electron chi connectivity index (χ4n) is 7.54. The highest BCUT2D eigenvalue weighted by molar-refractivity contribution is 7.26. The number of hydrogen-bond acceptors (Lipinski definition) is 5. The molecule has 0 N–H and O–H groups in total. The third kappa shape index (κ3) is 4.30. The molecule has 11 rings (SSSR count). The normalized spacial score (nSPS) is 11.9. The summed E-state index contributed by atoms with van der Waals surface area (Å²) < 4.78 is 11.4. The van der Waals surface area contributed by atoms with E-state index in [2.05, 4.69) is 114 Å². The first kappa shape index (κ1) is 28.2. The van der Waals surface area contributed by atoms with Crippen LogP contribution in [0.2, 0.25) is 0 Å². The molecule has 0 atom stereocenters. The minimum absolute atomic E-state index is 0.635. The molecule has 7 aromatic carbocycles. The summed E-state index contributed by atoms with van der Waals surface area (Å²) in [6.07, 6.45) is 0. The summed E-state index contributed by atoms with van der Waals surface area (Å²) in [6, 6.07) is 54.8. The minimum Gasteiger partial charge on any atom is -0.454 e. The Morgan fingerprint density at radius 3 is 1.84 bits per heavy atom. The van der Waals surface area contributed by atoms with Crippen molar-refractivity contribution < 1.29 is 4.42 Å². The lowest BCUT2D eigenvalue weighted by molar-refractivity contribution is 0.671. The van der Waals surface area contributed by atoms with Crippen LogP contribution in [0.4, 0.5) is 0 Å². The summed E-state index contributed by atoms with van der Waals surface area (Å²) in [5.74, 6) is 1.91. The Hall–Kier alpha value is -6.63. The SMILES string of the molecule is c1ccc(-c2nc(-c3ccccc3)nc(-c3cc(-n4c5ccccc5c5ccc6c7ccccc7oc6c54)cc4c3sc3ccccc34)n2)cc1. The molecule has 51 heavy (non-hydrogen) atoms. The quantitative estimate of drug-likeness (QED) is 0.187. The molecule has 0 fully saturated rings. The number of nitrogens with zero attached hydrogens (tertiary/aromatic N) is 4.